The molecule has 0 bridgehead atoms. The molecule has 2 heterocycles. The normalized spacial score (nSPS) is 18.2. The van der Waals surface area contributed by atoms with Gasteiger partial charge in [0.2, 0.25) is 0 Å². The highest BCUT2D eigenvalue weighted by Gasteiger charge is 2.35. The Bertz CT molecular complexity index is 1070. The lowest BCUT2D eigenvalue weighted by molar-refractivity contribution is -0.384. The van der Waals surface area contributed by atoms with Gasteiger partial charge < -0.3 is 9.64 Å². The molecule has 31 heavy (non-hydrogen) atoms. The molecule has 0 saturated carbocycles. The van der Waals surface area contributed by atoms with Crippen molar-refractivity contribution in [2.75, 3.05) is 31.2 Å². The van der Waals surface area contributed by atoms with E-state index < -0.39 is 10.8 Å². The second-order valence-corrected chi connectivity index (χ2v) is 8.90. The first-order chi connectivity index (χ1) is 14.9. The number of imide groups is 1. The Kier molecular flexibility index (Phi) is 6.40. The zero-order valence-electron chi connectivity index (χ0n) is 16.3. The largest absolute Gasteiger partial charge is 0.378 e. The Balaban J connectivity index is 1.64. The maximum atomic E-state index is 12.9. The van der Waals surface area contributed by atoms with Crippen molar-refractivity contribution in [1.29, 1.82) is 0 Å². The van der Waals surface area contributed by atoms with Crippen LogP contribution >= 0.6 is 27.7 Å². The molecule has 2 amide bonds. The molecule has 2 fully saturated rings. The van der Waals surface area contributed by atoms with E-state index in [4.69, 9.17) is 4.74 Å². The molecule has 4 rings (SSSR count). The monoisotopic (exact) mass is 503 g/mol. The number of ether oxygens (including phenoxy) is 1. The number of halogens is 1. The van der Waals surface area contributed by atoms with E-state index in [1.165, 1.54) is 17.0 Å². The first-order valence-electron chi connectivity index (χ1n) is 9.53. The summed E-state index contributed by atoms with van der Waals surface area (Å²) in [5, 5.41) is 10.9. The highest BCUT2D eigenvalue weighted by atomic mass is 79.9. The predicted molar refractivity (Wildman–Crippen MR) is 122 cm³/mol. The number of benzene rings is 2. The molecule has 2 aliphatic heterocycles. The van der Waals surface area contributed by atoms with Gasteiger partial charge in [0.25, 0.3) is 16.8 Å². The lowest BCUT2D eigenvalue weighted by atomic mass is 10.1. The second-order valence-electron chi connectivity index (χ2n) is 6.99. The lowest BCUT2D eigenvalue weighted by Crippen LogP contribution is -2.36. The van der Waals surface area contributed by atoms with Gasteiger partial charge in [-0.3, -0.25) is 24.6 Å². The minimum Gasteiger partial charge on any atom is -0.378 e. The van der Waals surface area contributed by atoms with Gasteiger partial charge in [-0.1, -0.05) is 28.1 Å². The Morgan fingerprint density at radius 2 is 1.84 bits per heavy atom. The fraction of sp³-hybridized carbons (Fsp3) is 0.238. The van der Waals surface area contributed by atoms with Gasteiger partial charge in [-0.15, -0.1) is 0 Å². The molecular weight excluding hydrogens is 486 g/mol. The summed E-state index contributed by atoms with van der Waals surface area (Å²) in [6.45, 7) is 2.56. The summed E-state index contributed by atoms with van der Waals surface area (Å²) in [6, 6.07) is 11.9. The number of nitro benzene ring substituents is 1. The summed E-state index contributed by atoms with van der Waals surface area (Å²) in [4.78, 5) is 39.7. The van der Waals surface area contributed by atoms with Gasteiger partial charge in [-0.2, -0.15) is 0 Å². The number of rotatable bonds is 5. The van der Waals surface area contributed by atoms with Crippen LogP contribution in [0.5, 0.6) is 0 Å². The SMILES string of the molecule is O=C1S/C(=C\c2cc([N+](=O)[O-])ccc2N2CCOCC2)C(=O)N1Cc1ccc(Br)cc1. The molecular formula is C21H18BrN3O5S. The van der Waals surface area contributed by atoms with Crippen molar-refractivity contribution in [3.8, 4) is 0 Å². The number of amides is 2. The molecule has 0 aliphatic carbocycles. The van der Waals surface area contributed by atoms with Crippen LogP contribution in [0.3, 0.4) is 0 Å². The molecule has 160 valence electrons. The third-order valence-corrected chi connectivity index (χ3v) is 6.42. The molecule has 0 unspecified atom stereocenters. The van der Waals surface area contributed by atoms with Crippen LogP contribution in [0.4, 0.5) is 16.2 Å². The van der Waals surface area contributed by atoms with E-state index in [9.17, 15) is 19.7 Å². The van der Waals surface area contributed by atoms with Crippen molar-refractivity contribution in [2.24, 2.45) is 0 Å². The number of nitro groups is 1. The first kappa shape index (κ1) is 21.5. The minimum atomic E-state index is -0.473. The quantitative estimate of drug-likeness (QED) is 0.338. The fourth-order valence-corrected chi connectivity index (χ4v) is 4.51. The van der Waals surface area contributed by atoms with Crippen LogP contribution in [0, 0.1) is 10.1 Å². The van der Waals surface area contributed by atoms with Crippen molar-refractivity contribution in [3.63, 3.8) is 0 Å². The van der Waals surface area contributed by atoms with Crippen LogP contribution in [0.15, 0.2) is 51.8 Å². The molecule has 8 nitrogen and oxygen atoms in total. The summed E-state index contributed by atoms with van der Waals surface area (Å²) in [5.41, 5.74) is 2.06. The number of carbonyl (C=O) groups is 2. The number of non-ortho nitro benzene ring substituents is 1. The van der Waals surface area contributed by atoms with E-state index in [2.05, 4.69) is 20.8 Å². The second kappa shape index (κ2) is 9.21. The standard InChI is InChI=1S/C21H18BrN3O5S/c22-16-3-1-14(2-4-16)13-24-20(26)19(31-21(24)27)12-15-11-17(25(28)29)5-6-18(15)23-7-9-30-10-8-23/h1-6,11-12H,7-10,13H2/b19-12-. The van der Waals surface area contributed by atoms with E-state index in [0.29, 0.717) is 31.9 Å². The van der Waals surface area contributed by atoms with E-state index >= 15 is 0 Å². The number of carbonyl (C=O) groups excluding carboxylic acids is 2. The Morgan fingerprint density at radius 1 is 1.13 bits per heavy atom. The van der Waals surface area contributed by atoms with E-state index in [0.717, 1.165) is 27.5 Å². The third kappa shape index (κ3) is 4.81. The number of nitrogens with zero attached hydrogens (tertiary/aromatic N) is 3. The Labute approximate surface area is 191 Å². The summed E-state index contributed by atoms with van der Waals surface area (Å²) in [7, 11) is 0. The Morgan fingerprint density at radius 3 is 2.52 bits per heavy atom. The van der Waals surface area contributed by atoms with Crippen molar-refractivity contribution < 1.29 is 19.2 Å². The van der Waals surface area contributed by atoms with Gasteiger partial charge in [0.15, 0.2) is 0 Å². The first-order valence-corrected chi connectivity index (χ1v) is 11.1. The summed E-state index contributed by atoms with van der Waals surface area (Å²) >= 11 is 4.21. The van der Waals surface area contributed by atoms with Crippen LogP contribution in [0.1, 0.15) is 11.1 Å². The van der Waals surface area contributed by atoms with Crippen LogP contribution in [0.2, 0.25) is 0 Å². The van der Waals surface area contributed by atoms with Gasteiger partial charge >= 0.3 is 0 Å². The van der Waals surface area contributed by atoms with Gasteiger partial charge in [0.05, 0.1) is 29.6 Å². The number of hydrogen-bond donors (Lipinski definition) is 0. The summed E-state index contributed by atoms with van der Waals surface area (Å²) in [6.07, 6.45) is 1.57. The van der Waals surface area contributed by atoms with Crippen LogP contribution < -0.4 is 4.90 Å². The van der Waals surface area contributed by atoms with Crippen molar-refractivity contribution in [3.05, 3.63) is 73.1 Å². The van der Waals surface area contributed by atoms with Gasteiger partial charge in [0, 0.05) is 40.9 Å². The van der Waals surface area contributed by atoms with Crippen LogP contribution in [-0.2, 0) is 16.1 Å². The van der Waals surface area contributed by atoms with Crippen molar-refractivity contribution in [1.82, 2.24) is 4.90 Å². The minimum absolute atomic E-state index is 0.0719. The number of thioether (sulfide) groups is 1. The molecule has 0 atom stereocenters. The smallest absolute Gasteiger partial charge is 0.293 e. The topological polar surface area (TPSA) is 93.0 Å². The molecule has 0 spiro atoms. The average Bonchev–Trinajstić information content (AvgIpc) is 3.03. The van der Waals surface area contributed by atoms with Crippen LogP contribution in [0.25, 0.3) is 6.08 Å². The molecule has 0 aromatic heterocycles. The van der Waals surface area contributed by atoms with Gasteiger partial charge in [0.1, 0.15) is 0 Å². The third-order valence-electron chi connectivity index (χ3n) is 4.99. The van der Waals surface area contributed by atoms with E-state index in [1.807, 2.05) is 24.3 Å². The number of morpholine rings is 1. The number of anilines is 1. The zero-order chi connectivity index (χ0) is 22.0. The van der Waals surface area contributed by atoms with Gasteiger partial charge in [-0.25, -0.2) is 0 Å². The molecule has 2 aromatic rings. The molecule has 2 saturated heterocycles. The summed E-state index contributed by atoms with van der Waals surface area (Å²) < 4.78 is 6.30. The van der Waals surface area contributed by atoms with E-state index in [1.54, 1.807) is 12.1 Å². The van der Waals surface area contributed by atoms with Crippen molar-refractivity contribution in [2.45, 2.75) is 6.54 Å². The molecule has 2 aromatic carbocycles. The maximum absolute atomic E-state index is 12.9. The molecule has 2 aliphatic rings. The van der Waals surface area contributed by atoms with E-state index in [-0.39, 0.29) is 22.4 Å². The molecule has 0 N–H and O–H groups in total. The fourth-order valence-electron chi connectivity index (χ4n) is 3.41. The average molecular weight is 504 g/mol. The predicted octanol–water partition coefficient (Wildman–Crippen LogP) is 4.43. The number of hydrogen-bond acceptors (Lipinski definition) is 7. The summed E-state index contributed by atoms with van der Waals surface area (Å²) in [5.74, 6) is -0.405. The van der Waals surface area contributed by atoms with Gasteiger partial charge in [-0.05, 0) is 41.6 Å². The Hall–Kier alpha value is -2.69. The lowest BCUT2D eigenvalue weighted by Gasteiger charge is -2.30. The highest BCUT2D eigenvalue weighted by molar-refractivity contribution is 9.10. The highest BCUT2D eigenvalue weighted by Crippen LogP contribution is 2.36. The molecule has 0 radical (unpaired) electrons. The zero-order valence-corrected chi connectivity index (χ0v) is 18.7. The maximum Gasteiger partial charge on any atom is 0.293 e. The molecule has 10 heteroatoms. The van der Waals surface area contributed by atoms with Crippen LogP contribution in [-0.4, -0.2) is 47.3 Å². The van der Waals surface area contributed by atoms with Crippen molar-refractivity contribution >= 4 is 56.3 Å².